The van der Waals surface area contributed by atoms with Gasteiger partial charge in [0.05, 0.1) is 13.2 Å². The summed E-state index contributed by atoms with van der Waals surface area (Å²) < 4.78 is 8.02. The Labute approximate surface area is 181 Å². The second-order valence-electron chi connectivity index (χ2n) is 7.01. The van der Waals surface area contributed by atoms with Gasteiger partial charge in [0.1, 0.15) is 6.54 Å². The van der Waals surface area contributed by atoms with Crippen LogP contribution < -0.4 is 0 Å². The number of methoxy groups -OCH3 is 1. The molecule has 0 fully saturated rings. The van der Waals surface area contributed by atoms with Gasteiger partial charge in [0.15, 0.2) is 0 Å². The highest BCUT2D eigenvalue weighted by atomic mass is 79.9. The fourth-order valence-electron chi connectivity index (χ4n) is 3.02. The molecular weight excluding hydrogens is 434 g/mol. The minimum atomic E-state index is -0.126. The minimum Gasteiger partial charge on any atom is -0.383 e. The lowest BCUT2D eigenvalue weighted by Crippen LogP contribution is -2.44. The number of hydrogen-bond acceptors (Lipinski definition) is 3. The number of carbonyl (C=O) groups is 2. The molecule has 0 aliphatic heterocycles. The predicted octanol–water partition coefficient (Wildman–Crippen LogP) is 3.71. The molecule has 0 aliphatic rings. The van der Waals surface area contributed by atoms with E-state index in [1.165, 1.54) is 0 Å². The van der Waals surface area contributed by atoms with E-state index in [0.29, 0.717) is 31.8 Å². The first kappa shape index (κ1) is 23.2. The Kier molecular flexibility index (Phi) is 9.41. The summed E-state index contributed by atoms with van der Waals surface area (Å²) in [6.45, 7) is 4.09. The maximum Gasteiger partial charge on any atom is 0.254 e. The Hall–Kier alpha value is -2.12. The summed E-state index contributed by atoms with van der Waals surface area (Å²) in [5.41, 5.74) is 1.61. The first-order valence-electron chi connectivity index (χ1n) is 9.88. The monoisotopic (exact) mass is 463 g/mol. The van der Waals surface area contributed by atoms with Crippen molar-refractivity contribution in [3.05, 3.63) is 58.3 Å². The van der Waals surface area contributed by atoms with Gasteiger partial charge in [0, 0.05) is 49.2 Å². The van der Waals surface area contributed by atoms with Gasteiger partial charge in [0.25, 0.3) is 5.91 Å². The minimum absolute atomic E-state index is 0.0550. The van der Waals surface area contributed by atoms with Crippen LogP contribution in [0.2, 0.25) is 0 Å². The van der Waals surface area contributed by atoms with E-state index < -0.39 is 0 Å². The molecule has 0 saturated carbocycles. The fraction of sp³-hybridized carbons (Fsp3) is 0.455. The van der Waals surface area contributed by atoms with Crippen LogP contribution in [-0.2, 0) is 23.1 Å². The van der Waals surface area contributed by atoms with Crippen LogP contribution in [0.3, 0.4) is 0 Å². The lowest BCUT2D eigenvalue weighted by molar-refractivity contribution is -0.133. The fourth-order valence-corrected chi connectivity index (χ4v) is 3.42. The molecule has 2 rings (SSSR count). The van der Waals surface area contributed by atoms with Crippen LogP contribution in [0.1, 0.15) is 35.8 Å². The number of benzene rings is 1. The van der Waals surface area contributed by atoms with E-state index in [-0.39, 0.29) is 18.4 Å². The van der Waals surface area contributed by atoms with Crippen molar-refractivity contribution in [2.24, 2.45) is 7.05 Å². The quantitative estimate of drug-likeness (QED) is 0.510. The normalized spacial score (nSPS) is 10.8. The number of aryl methyl sites for hydroxylation is 1. The third kappa shape index (κ3) is 7.01. The molecule has 0 radical (unpaired) electrons. The van der Waals surface area contributed by atoms with E-state index in [1.807, 2.05) is 42.1 Å². The maximum absolute atomic E-state index is 13.1. The van der Waals surface area contributed by atoms with Crippen LogP contribution >= 0.6 is 15.9 Å². The van der Waals surface area contributed by atoms with Crippen molar-refractivity contribution in [2.45, 2.75) is 26.3 Å². The number of rotatable bonds is 11. The van der Waals surface area contributed by atoms with Crippen LogP contribution in [0.5, 0.6) is 0 Å². The number of nitrogens with zero attached hydrogens (tertiary/aromatic N) is 3. The van der Waals surface area contributed by atoms with Gasteiger partial charge in [0.2, 0.25) is 5.91 Å². The highest BCUT2D eigenvalue weighted by Crippen LogP contribution is 2.15. The lowest BCUT2D eigenvalue weighted by Gasteiger charge is -2.28. The highest BCUT2D eigenvalue weighted by Gasteiger charge is 2.22. The zero-order valence-electron chi connectivity index (χ0n) is 17.4. The van der Waals surface area contributed by atoms with E-state index >= 15 is 0 Å². The zero-order chi connectivity index (χ0) is 21.2. The Bertz CT molecular complexity index is 806. The molecule has 1 aromatic heterocycles. The van der Waals surface area contributed by atoms with Crippen molar-refractivity contribution in [1.29, 1.82) is 0 Å². The molecule has 7 heteroatoms. The standard InChI is InChI=1S/C22H30BrN3O3/c1-4-5-12-26(22(28)18-8-6-9-19(23)15-18)17-21(27)25(13-14-29-3)16-20-10-7-11-24(20)2/h6-11,15H,4-5,12-14,16-17H2,1-3H3. The SMILES string of the molecule is CCCCN(CC(=O)N(CCOC)Cc1cccn1C)C(=O)c1cccc(Br)c1. The molecule has 0 N–H and O–H groups in total. The number of amides is 2. The van der Waals surface area contributed by atoms with E-state index in [0.717, 1.165) is 23.0 Å². The molecule has 2 aromatic rings. The van der Waals surface area contributed by atoms with E-state index in [1.54, 1.807) is 29.0 Å². The first-order valence-corrected chi connectivity index (χ1v) is 10.7. The van der Waals surface area contributed by atoms with Crippen LogP contribution in [0, 0.1) is 0 Å². The van der Waals surface area contributed by atoms with Gasteiger partial charge in [-0.1, -0.05) is 35.3 Å². The van der Waals surface area contributed by atoms with Crippen molar-refractivity contribution in [1.82, 2.24) is 14.4 Å². The third-order valence-corrected chi connectivity index (χ3v) is 5.28. The molecular formula is C22H30BrN3O3. The topological polar surface area (TPSA) is 54.8 Å². The van der Waals surface area contributed by atoms with Crippen molar-refractivity contribution in [2.75, 3.05) is 33.4 Å². The number of ether oxygens (including phenoxy) is 1. The van der Waals surface area contributed by atoms with Gasteiger partial charge in [-0.15, -0.1) is 0 Å². The van der Waals surface area contributed by atoms with Crippen molar-refractivity contribution < 1.29 is 14.3 Å². The average molecular weight is 464 g/mol. The number of unbranched alkanes of at least 4 members (excludes halogenated alkanes) is 1. The predicted molar refractivity (Wildman–Crippen MR) is 118 cm³/mol. The Balaban J connectivity index is 2.16. The zero-order valence-corrected chi connectivity index (χ0v) is 19.0. The summed E-state index contributed by atoms with van der Waals surface area (Å²) in [4.78, 5) is 29.6. The third-order valence-electron chi connectivity index (χ3n) is 4.79. The van der Waals surface area contributed by atoms with Gasteiger partial charge >= 0.3 is 0 Å². The summed E-state index contributed by atoms with van der Waals surface area (Å²) in [6.07, 6.45) is 3.76. The highest BCUT2D eigenvalue weighted by molar-refractivity contribution is 9.10. The molecule has 2 amide bonds. The molecule has 6 nitrogen and oxygen atoms in total. The van der Waals surface area contributed by atoms with Crippen molar-refractivity contribution >= 4 is 27.7 Å². The molecule has 0 bridgehead atoms. The van der Waals surface area contributed by atoms with Crippen LogP contribution in [0.4, 0.5) is 0 Å². The smallest absolute Gasteiger partial charge is 0.254 e. The van der Waals surface area contributed by atoms with Gasteiger partial charge in [-0.25, -0.2) is 0 Å². The summed E-state index contributed by atoms with van der Waals surface area (Å²) >= 11 is 3.41. The molecule has 1 aromatic carbocycles. The van der Waals surface area contributed by atoms with E-state index in [2.05, 4.69) is 22.9 Å². The molecule has 1 heterocycles. The maximum atomic E-state index is 13.1. The van der Waals surface area contributed by atoms with Crippen LogP contribution in [0.15, 0.2) is 47.1 Å². The molecule has 158 valence electrons. The first-order chi connectivity index (χ1) is 14.0. The van der Waals surface area contributed by atoms with Crippen molar-refractivity contribution in [3.63, 3.8) is 0 Å². The van der Waals surface area contributed by atoms with Gasteiger partial charge in [-0.3, -0.25) is 9.59 Å². The summed E-state index contributed by atoms with van der Waals surface area (Å²) in [5.74, 6) is -0.207. The van der Waals surface area contributed by atoms with E-state index in [4.69, 9.17) is 4.74 Å². The molecule has 29 heavy (non-hydrogen) atoms. The molecule has 0 saturated heterocycles. The number of carbonyl (C=O) groups excluding carboxylic acids is 2. The lowest BCUT2D eigenvalue weighted by atomic mass is 10.2. The average Bonchev–Trinajstić information content (AvgIpc) is 3.12. The summed E-state index contributed by atoms with van der Waals surface area (Å²) in [7, 11) is 3.58. The second kappa shape index (κ2) is 11.8. The van der Waals surface area contributed by atoms with Crippen LogP contribution in [0.25, 0.3) is 0 Å². The number of hydrogen-bond donors (Lipinski definition) is 0. The largest absolute Gasteiger partial charge is 0.383 e. The van der Waals surface area contributed by atoms with Crippen LogP contribution in [-0.4, -0.2) is 59.5 Å². The van der Waals surface area contributed by atoms with Gasteiger partial charge in [-0.2, -0.15) is 0 Å². The number of aromatic nitrogens is 1. The molecule has 0 unspecified atom stereocenters. The molecule has 0 atom stereocenters. The second-order valence-corrected chi connectivity index (χ2v) is 7.92. The number of halogens is 1. The van der Waals surface area contributed by atoms with Crippen molar-refractivity contribution in [3.8, 4) is 0 Å². The van der Waals surface area contributed by atoms with E-state index in [9.17, 15) is 9.59 Å². The summed E-state index contributed by atoms with van der Waals surface area (Å²) in [5, 5.41) is 0. The Morgan fingerprint density at radius 1 is 1.14 bits per heavy atom. The molecule has 0 spiro atoms. The van der Waals surface area contributed by atoms with Gasteiger partial charge < -0.3 is 19.1 Å². The Morgan fingerprint density at radius 2 is 1.93 bits per heavy atom. The Morgan fingerprint density at radius 3 is 2.55 bits per heavy atom. The summed E-state index contributed by atoms with van der Waals surface area (Å²) in [6, 6.07) is 11.2. The molecule has 0 aliphatic carbocycles. The van der Waals surface area contributed by atoms with Gasteiger partial charge in [-0.05, 0) is 36.8 Å².